The van der Waals surface area contributed by atoms with E-state index in [0.717, 1.165) is 0 Å². The van der Waals surface area contributed by atoms with E-state index in [9.17, 15) is 4.39 Å². The second-order valence-electron chi connectivity index (χ2n) is 2.89. The summed E-state index contributed by atoms with van der Waals surface area (Å²) in [4.78, 5) is 3.92. The van der Waals surface area contributed by atoms with Gasteiger partial charge in [-0.25, -0.2) is 9.37 Å². The van der Waals surface area contributed by atoms with E-state index >= 15 is 0 Å². The van der Waals surface area contributed by atoms with Crippen LogP contribution in [-0.2, 0) is 5.75 Å². The molecule has 6 heteroatoms. The van der Waals surface area contributed by atoms with Crippen LogP contribution in [0.5, 0.6) is 0 Å². The second-order valence-corrected chi connectivity index (χ2v) is 3.85. The number of anilines is 1. The molecule has 0 saturated carbocycles. The highest BCUT2D eigenvalue weighted by molar-refractivity contribution is 7.98. The van der Waals surface area contributed by atoms with Crippen LogP contribution in [0, 0.1) is 5.82 Å². The zero-order valence-corrected chi connectivity index (χ0v) is 8.59. The number of aromatic amines is 1. The van der Waals surface area contributed by atoms with Crippen molar-refractivity contribution in [3.8, 4) is 0 Å². The van der Waals surface area contributed by atoms with Gasteiger partial charge >= 0.3 is 0 Å². The Hall–Kier alpha value is -1.56. The molecule has 0 aliphatic rings. The molecule has 2 rings (SSSR count). The highest BCUT2D eigenvalue weighted by Gasteiger charge is 2.07. The third-order valence-corrected chi connectivity index (χ3v) is 2.80. The molecule has 1 aromatic heterocycles. The lowest BCUT2D eigenvalue weighted by molar-refractivity contribution is 0.618. The first-order valence-corrected chi connectivity index (χ1v) is 5.27. The summed E-state index contributed by atoms with van der Waals surface area (Å²) in [5.74, 6) is 0.148. The van der Waals surface area contributed by atoms with E-state index in [1.54, 1.807) is 12.1 Å². The Kier molecular flexibility index (Phi) is 2.86. The Morgan fingerprint density at radius 1 is 1.47 bits per heavy atom. The van der Waals surface area contributed by atoms with Crippen LogP contribution in [0.25, 0.3) is 0 Å². The molecule has 1 aromatic carbocycles. The van der Waals surface area contributed by atoms with Crippen molar-refractivity contribution in [3.05, 3.63) is 35.9 Å². The minimum Gasteiger partial charge on any atom is -0.398 e. The van der Waals surface area contributed by atoms with Gasteiger partial charge in [-0.2, -0.15) is 5.10 Å². The molecule has 4 nitrogen and oxygen atoms in total. The fraction of sp³-hybridized carbons (Fsp3) is 0.111. The van der Waals surface area contributed by atoms with E-state index in [-0.39, 0.29) is 5.82 Å². The molecule has 0 unspecified atom stereocenters. The first-order chi connectivity index (χ1) is 7.27. The Labute approximate surface area is 90.1 Å². The van der Waals surface area contributed by atoms with Gasteiger partial charge in [0.15, 0.2) is 5.16 Å². The Morgan fingerprint density at radius 2 is 2.33 bits per heavy atom. The van der Waals surface area contributed by atoms with Gasteiger partial charge < -0.3 is 5.73 Å². The normalized spacial score (nSPS) is 10.5. The highest BCUT2D eigenvalue weighted by Crippen LogP contribution is 2.24. The van der Waals surface area contributed by atoms with Gasteiger partial charge in [-0.1, -0.05) is 17.8 Å². The fourth-order valence-corrected chi connectivity index (χ4v) is 1.96. The van der Waals surface area contributed by atoms with Crippen LogP contribution >= 0.6 is 11.8 Å². The second kappa shape index (κ2) is 4.31. The fourth-order valence-electron chi connectivity index (χ4n) is 1.13. The number of benzene rings is 1. The van der Waals surface area contributed by atoms with Crippen molar-refractivity contribution in [2.24, 2.45) is 0 Å². The SMILES string of the molecule is Nc1cccc(F)c1CSc1ncn[nH]1. The van der Waals surface area contributed by atoms with Gasteiger partial charge in [0, 0.05) is 17.0 Å². The monoisotopic (exact) mass is 224 g/mol. The molecule has 15 heavy (non-hydrogen) atoms. The van der Waals surface area contributed by atoms with Crippen LogP contribution in [0.1, 0.15) is 5.56 Å². The van der Waals surface area contributed by atoms with Gasteiger partial charge in [-0.15, -0.1) is 0 Å². The van der Waals surface area contributed by atoms with Crippen molar-refractivity contribution in [2.75, 3.05) is 5.73 Å². The van der Waals surface area contributed by atoms with E-state index < -0.39 is 0 Å². The maximum atomic E-state index is 13.3. The summed E-state index contributed by atoms with van der Waals surface area (Å²) in [7, 11) is 0. The molecule has 0 atom stereocenters. The Bertz CT molecular complexity index is 423. The zero-order chi connectivity index (χ0) is 10.7. The lowest BCUT2D eigenvalue weighted by Gasteiger charge is -2.04. The summed E-state index contributed by atoms with van der Waals surface area (Å²) in [5.41, 5.74) is 6.62. The minimum absolute atomic E-state index is 0.290. The van der Waals surface area contributed by atoms with Crippen LogP contribution in [0.3, 0.4) is 0 Å². The molecule has 1 heterocycles. The average Bonchev–Trinajstić information content (AvgIpc) is 2.70. The molecule has 0 fully saturated rings. The number of rotatable bonds is 3. The van der Waals surface area contributed by atoms with Crippen molar-refractivity contribution in [3.63, 3.8) is 0 Å². The number of nitrogens with zero attached hydrogens (tertiary/aromatic N) is 2. The summed E-state index contributed by atoms with van der Waals surface area (Å²) in [5, 5.41) is 7.03. The van der Waals surface area contributed by atoms with Gasteiger partial charge in [-0.05, 0) is 12.1 Å². The quantitative estimate of drug-likeness (QED) is 0.616. The highest BCUT2D eigenvalue weighted by atomic mass is 32.2. The molecule has 0 aliphatic heterocycles. The van der Waals surface area contributed by atoms with E-state index in [0.29, 0.717) is 22.2 Å². The average molecular weight is 224 g/mol. The van der Waals surface area contributed by atoms with Crippen molar-refractivity contribution in [1.82, 2.24) is 15.2 Å². The number of aromatic nitrogens is 3. The van der Waals surface area contributed by atoms with Crippen molar-refractivity contribution in [2.45, 2.75) is 10.9 Å². The molecular formula is C9H9FN4S. The van der Waals surface area contributed by atoms with Crippen LogP contribution in [0.4, 0.5) is 10.1 Å². The van der Waals surface area contributed by atoms with Crippen molar-refractivity contribution >= 4 is 17.4 Å². The van der Waals surface area contributed by atoms with Gasteiger partial charge in [0.2, 0.25) is 0 Å². The predicted molar refractivity (Wildman–Crippen MR) is 56.8 cm³/mol. The number of H-pyrrole nitrogens is 1. The number of nitrogens with one attached hydrogen (secondary N) is 1. The number of halogens is 1. The smallest absolute Gasteiger partial charge is 0.183 e. The van der Waals surface area contributed by atoms with E-state index in [4.69, 9.17) is 5.73 Å². The third kappa shape index (κ3) is 2.27. The summed E-state index contributed by atoms with van der Waals surface area (Å²) in [6.07, 6.45) is 1.41. The zero-order valence-electron chi connectivity index (χ0n) is 7.77. The maximum Gasteiger partial charge on any atom is 0.183 e. The largest absolute Gasteiger partial charge is 0.398 e. The third-order valence-electron chi connectivity index (χ3n) is 1.90. The van der Waals surface area contributed by atoms with Gasteiger partial charge in [0.1, 0.15) is 12.1 Å². The number of nitrogen functional groups attached to an aromatic ring is 1. The molecule has 0 saturated heterocycles. The number of hydrogen-bond donors (Lipinski definition) is 2. The molecule has 2 aromatic rings. The Balaban J connectivity index is 2.11. The van der Waals surface area contributed by atoms with Crippen LogP contribution in [-0.4, -0.2) is 15.2 Å². The first kappa shape index (κ1) is 9.97. The molecule has 0 radical (unpaired) electrons. The van der Waals surface area contributed by atoms with E-state index in [1.165, 1.54) is 24.2 Å². The minimum atomic E-state index is -0.290. The number of thioether (sulfide) groups is 1. The topological polar surface area (TPSA) is 67.6 Å². The van der Waals surface area contributed by atoms with Gasteiger partial charge in [-0.3, -0.25) is 5.10 Å². The predicted octanol–water partition coefficient (Wildman–Crippen LogP) is 1.82. The molecule has 3 N–H and O–H groups in total. The van der Waals surface area contributed by atoms with Gasteiger partial charge in [0.05, 0.1) is 0 Å². The van der Waals surface area contributed by atoms with Crippen molar-refractivity contribution in [1.29, 1.82) is 0 Å². The molecule has 0 spiro atoms. The summed E-state index contributed by atoms with van der Waals surface area (Å²) >= 11 is 1.36. The summed E-state index contributed by atoms with van der Waals surface area (Å²) < 4.78 is 13.3. The molecule has 0 amide bonds. The number of nitrogens with two attached hydrogens (primary N) is 1. The molecule has 78 valence electrons. The lowest BCUT2D eigenvalue weighted by atomic mass is 10.2. The van der Waals surface area contributed by atoms with E-state index in [2.05, 4.69) is 15.2 Å². The standard InChI is InChI=1S/C9H9FN4S/c10-7-2-1-3-8(11)6(7)4-15-9-12-5-13-14-9/h1-3,5H,4,11H2,(H,12,13,14). The Morgan fingerprint density at radius 3 is 3.00 bits per heavy atom. The summed E-state index contributed by atoms with van der Waals surface area (Å²) in [6, 6.07) is 4.67. The molecule has 0 aliphatic carbocycles. The lowest BCUT2D eigenvalue weighted by Crippen LogP contribution is -1.96. The number of hydrogen-bond acceptors (Lipinski definition) is 4. The van der Waals surface area contributed by atoms with Crippen LogP contribution < -0.4 is 5.73 Å². The maximum absolute atomic E-state index is 13.3. The summed E-state index contributed by atoms with van der Waals surface area (Å²) in [6.45, 7) is 0. The molecular weight excluding hydrogens is 215 g/mol. The molecule has 0 bridgehead atoms. The van der Waals surface area contributed by atoms with E-state index in [1.807, 2.05) is 0 Å². The first-order valence-electron chi connectivity index (χ1n) is 4.28. The van der Waals surface area contributed by atoms with Crippen LogP contribution in [0.15, 0.2) is 29.7 Å². The van der Waals surface area contributed by atoms with Crippen LogP contribution in [0.2, 0.25) is 0 Å². The van der Waals surface area contributed by atoms with Crippen molar-refractivity contribution < 1.29 is 4.39 Å². The van der Waals surface area contributed by atoms with Gasteiger partial charge in [0.25, 0.3) is 0 Å².